The van der Waals surface area contributed by atoms with Crippen molar-refractivity contribution in [2.75, 3.05) is 0 Å². The van der Waals surface area contributed by atoms with E-state index in [9.17, 15) is 4.79 Å². The SMILES string of the molecule is O=Cc1cn(CC2CCCC2)c2ncccc12. The average Bonchev–Trinajstić information content (AvgIpc) is 2.98. The van der Waals surface area contributed by atoms with Crippen LogP contribution in [0.4, 0.5) is 0 Å². The van der Waals surface area contributed by atoms with Gasteiger partial charge in [-0.1, -0.05) is 12.8 Å². The highest BCUT2D eigenvalue weighted by molar-refractivity contribution is 5.95. The zero-order valence-electron chi connectivity index (χ0n) is 9.80. The molecule has 3 heteroatoms. The molecule has 0 atom stereocenters. The summed E-state index contributed by atoms with van der Waals surface area (Å²) in [6, 6.07) is 3.85. The number of pyridine rings is 1. The zero-order chi connectivity index (χ0) is 11.7. The number of nitrogens with zero attached hydrogens (tertiary/aromatic N) is 2. The quantitative estimate of drug-likeness (QED) is 0.757. The van der Waals surface area contributed by atoms with Gasteiger partial charge in [0.15, 0.2) is 6.29 Å². The van der Waals surface area contributed by atoms with Gasteiger partial charge in [-0.15, -0.1) is 0 Å². The molecule has 0 unspecified atom stereocenters. The maximum atomic E-state index is 11.0. The fraction of sp³-hybridized carbons (Fsp3) is 0.429. The molecule has 0 amide bonds. The molecule has 0 aromatic carbocycles. The van der Waals surface area contributed by atoms with Crippen molar-refractivity contribution in [2.45, 2.75) is 32.2 Å². The summed E-state index contributed by atoms with van der Waals surface area (Å²) >= 11 is 0. The van der Waals surface area contributed by atoms with Crippen LogP contribution in [0.5, 0.6) is 0 Å². The summed E-state index contributed by atoms with van der Waals surface area (Å²) in [7, 11) is 0. The molecule has 1 aliphatic rings. The van der Waals surface area contributed by atoms with Gasteiger partial charge in [-0.3, -0.25) is 4.79 Å². The van der Waals surface area contributed by atoms with Crippen molar-refractivity contribution in [3.63, 3.8) is 0 Å². The first-order valence-electron chi connectivity index (χ1n) is 6.27. The van der Waals surface area contributed by atoms with Gasteiger partial charge in [0, 0.05) is 29.9 Å². The summed E-state index contributed by atoms with van der Waals surface area (Å²) in [4.78, 5) is 15.4. The molecule has 0 saturated heterocycles. The van der Waals surface area contributed by atoms with E-state index in [0.717, 1.165) is 35.3 Å². The van der Waals surface area contributed by atoms with Gasteiger partial charge >= 0.3 is 0 Å². The molecule has 1 saturated carbocycles. The molecule has 17 heavy (non-hydrogen) atoms. The number of rotatable bonds is 3. The minimum Gasteiger partial charge on any atom is -0.331 e. The second-order valence-corrected chi connectivity index (χ2v) is 4.88. The predicted molar refractivity (Wildman–Crippen MR) is 67.1 cm³/mol. The number of fused-ring (bicyclic) bond motifs is 1. The molecule has 0 bridgehead atoms. The first-order chi connectivity index (χ1) is 8.38. The molecule has 88 valence electrons. The van der Waals surface area contributed by atoms with Gasteiger partial charge < -0.3 is 4.57 Å². The van der Waals surface area contributed by atoms with E-state index < -0.39 is 0 Å². The molecule has 3 rings (SSSR count). The Hall–Kier alpha value is -1.64. The van der Waals surface area contributed by atoms with Gasteiger partial charge in [0.1, 0.15) is 5.65 Å². The lowest BCUT2D eigenvalue weighted by Gasteiger charge is -2.10. The fourth-order valence-corrected chi connectivity index (χ4v) is 2.85. The Morgan fingerprint density at radius 1 is 1.41 bits per heavy atom. The molecule has 0 aliphatic heterocycles. The van der Waals surface area contributed by atoms with E-state index in [1.807, 2.05) is 18.3 Å². The smallest absolute Gasteiger partial charge is 0.152 e. The van der Waals surface area contributed by atoms with Crippen LogP contribution in [0, 0.1) is 5.92 Å². The van der Waals surface area contributed by atoms with Crippen LogP contribution < -0.4 is 0 Å². The van der Waals surface area contributed by atoms with Crippen LogP contribution in [0.1, 0.15) is 36.0 Å². The van der Waals surface area contributed by atoms with Gasteiger partial charge in [-0.2, -0.15) is 0 Å². The second kappa shape index (κ2) is 4.32. The van der Waals surface area contributed by atoms with E-state index in [1.165, 1.54) is 25.7 Å². The number of carbonyl (C=O) groups is 1. The Kier molecular flexibility index (Phi) is 2.67. The van der Waals surface area contributed by atoms with E-state index in [4.69, 9.17) is 0 Å². The average molecular weight is 228 g/mol. The fourth-order valence-electron chi connectivity index (χ4n) is 2.85. The Morgan fingerprint density at radius 3 is 3.00 bits per heavy atom. The minimum absolute atomic E-state index is 0.756. The van der Waals surface area contributed by atoms with Crippen LogP contribution in [-0.2, 0) is 6.54 Å². The number of hydrogen-bond donors (Lipinski definition) is 0. The summed E-state index contributed by atoms with van der Waals surface area (Å²) in [6.07, 6.45) is 9.97. The lowest BCUT2D eigenvalue weighted by Crippen LogP contribution is -2.06. The Bertz CT molecular complexity index is 538. The van der Waals surface area contributed by atoms with E-state index in [1.54, 1.807) is 6.20 Å². The van der Waals surface area contributed by atoms with Crippen molar-refractivity contribution in [3.8, 4) is 0 Å². The summed E-state index contributed by atoms with van der Waals surface area (Å²) in [5.41, 5.74) is 1.70. The van der Waals surface area contributed by atoms with Crippen molar-refractivity contribution >= 4 is 17.3 Å². The highest BCUT2D eigenvalue weighted by Crippen LogP contribution is 2.28. The molecule has 2 aromatic rings. The van der Waals surface area contributed by atoms with Gasteiger partial charge in [0.2, 0.25) is 0 Å². The number of aromatic nitrogens is 2. The van der Waals surface area contributed by atoms with Crippen LogP contribution in [0.15, 0.2) is 24.5 Å². The van der Waals surface area contributed by atoms with E-state index >= 15 is 0 Å². The third kappa shape index (κ3) is 1.86. The summed E-state index contributed by atoms with van der Waals surface area (Å²) in [6.45, 7) is 1.00. The van der Waals surface area contributed by atoms with Crippen molar-refractivity contribution in [1.29, 1.82) is 0 Å². The predicted octanol–water partition coefficient (Wildman–Crippen LogP) is 3.04. The van der Waals surface area contributed by atoms with E-state index in [0.29, 0.717) is 0 Å². The third-order valence-electron chi connectivity index (χ3n) is 3.72. The van der Waals surface area contributed by atoms with Gasteiger partial charge in [0.25, 0.3) is 0 Å². The monoisotopic (exact) mass is 228 g/mol. The molecule has 1 fully saturated rings. The number of carbonyl (C=O) groups excluding carboxylic acids is 1. The summed E-state index contributed by atoms with van der Waals surface area (Å²) < 4.78 is 2.15. The van der Waals surface area contributed by atoms with Crippen molar-refractivity contribution in [2.24, 2.45) is 5.92 Å². The van der Waals surface area contributed by atoms with Crippen LogP contribution in [0.2, 0.25) is 0 Å². The van der Waals surface area contributed by atoms with Crippen molar-refractivity contribution in [3.05, 3.63) is 30.1 Å². The first kappa shape index (κ1) is 10.5. The maximum Gasteiger partial charge on any atom is 0.152 e. The Labute approximate surface area is 100 Å². The molecule has 0 spiro atoms. The second-order valence-electron chi connectivity index (χ2n) is 4.88. The van der Waals surface area contributed by atoms with E-state index in [-0.39, 0.29) is 0 Å². The number of hydrogen-bond acceptors (Lipinski definition) is 2. The van der Waals surface area contributed by atoms with Crippen LogP contribution >= 0.6 is 0 Å². The molecular weight excluding hydrogens is 212 g/mol. The maximum absolute atomic E-state index is 11.0. The topological polar surface area (TPSA) is 34.9 Å². The Morgan fingerprint density at radius 2 is 2.24 bits per heavy atom. The first-order valence-corrected chi connectivity index (χ1v) is 6.27. The molecule has 0 N–H and O–H groups in total. The Balaban J connectivity index is 2.00. The molecule has 2 aromatic heterocycles. The van der Waals surface area contributed by atoms with Crippen LogP contribution in [0.3, 0.4) is 0 Å². The molecule has 0 radical (unpaired) electrons. The highest BCUT2D eigenvalue weighted by atomic mass is 16.1. The molecule has 1 aliphatic carbocycles. The standard InChI is InChI=1S/C14H16N2O/c17-10-12-9-16(8-11-4-1-2-5-11)14-13(12)6-3-7-15-14/h3,6-7,9-11H,1-2,4-5,8H2. The lowest BCUT2D eigenvalue weighted by molar-refractivity contribution is 0.112. The zero-order valence-corrected chi connectivity index (χ0v) is 9.80. The van der Waals surface area contributed by atoms with E-state index in [2.05, 4.69) is 9.55 Å². The lowest BCUT2D eigenvalue weighted by atomic mass is 10.1. The molecule has 3 nitrogen and oxygen atoms in total. The molecule has 2 heterocycles. The molecular formula is C14H16N2O. The van der Waals surface area contributed by atoms with Crippen LogP contribution in [-0.4, -0.2) is 15.8 Å². The highest BCUT2D eigenvalue weighted by Gasteiger charge is 2.17. The normalized spacial score (nSPS) is 16.7. The number of aldehydes is 1. The summed E-state index contributed by atoms with van der Waals surface area (Å²) in [5, 5.41) is 0.973. The summed E-state index contributed by atoms with van der Waals surface area (Å²) in [5.74, 6) is 0.757. The third-order valence-corrected chi connectivity index (χ3v) is 3.72. The minimum atomic E-state index is 0.756. The van der Waals surface area contributed by atoms with Crippen molar-refractivity contribution < 1.29 is 4.79 Å². The van der Waals surface area contributed by atoms with Gasteiger partial charge in [0.05, 0.1) is 0 Å². The van der Waals surface area contributed by atoms with Gasteiger partial charge in [-0.25, -0.2) is 4.98 Å². The van der Waals surface area contributed by atoms with Crippen molar-refractivity contribution in [1.82, 2.24) is 9.55 Å². The van der Waals surface area contributed by atoms with Crippen LogP contribution in [0.25, 0.3) is 11.0 Å². The van der Waals surface area contributed by atoms with Gasteiger partial charge in [-0.05, 0) is 30.9 Å². The largest absolute Gasteiger partial charge is 0.331 e.